The van der Waals surface area contributed by atoms with Crippen LogP contribution in [0.5, 0.6) is 0 Å². The molecule has 0 fully saturated rings. The molecule has 3 heterocycles. The Bertz CT molecular complexity index is 605. The van der Waals surface area contributed by atoms with Crippen LogP contribution < -0.4 is 0 Å². The number of pyridine rings is 1. The lowest BCUT2D eigenvalue weighted by atomic mass is 10.0. The maximum absolute atomic E-state index is 11.7. The van der Waals surface area contributed by atoms with Gasteiger partial charge in [0.05, 0.1) is 12.0 Å². The average Bonchev–Trinajstić information content (AvgIpc) is 3.08. The first-order valence-electron chi connectivity index (χ1n) is 6.07. The largest absolute Gasteiger partial charge is 0.467 e. The summed E-state index contributed by atoms with van der Waals surface area (Å²) in [6.07, 6.45) is 5.71. The van der Waals surface area contributed by atoms with Gasteiger partial charge in [-0.2, -0.15) is 5.10 Å². The average molecular weight is 255 g/mol. The zero-order valence-electron chi connectivity index (χ0n) is 10.5. The lowest BCUT2D eigenvalue weighted by Gasteiger charge is -2.17. The van der Waals surface area contributed by atoms with Crippen molar-refractivity contribution >= 4 is 11.6 Å². The second-order valence-corrected chi connectivity index (χ2v) is 4.39. The number of amides is 1. The molecule has 0 spiro atoms. The van der Waals surface area contributed by atoms with Gasteiger partial charge in [0.1, 0.15) is 11.8 Å². The molecule has 2 aromatic heterocycles. The molecule has 1 amide bonds. The highest BCUT2D eigenvalue weighted by Crippen LogP contribution is 2.32. The van der Waals surface area contributed by atoms with E-state index in [2.05, 4.69) is 10.1 Å². The zero-order valence-corrected chi connectivity index (χ0v) is 10.5. The molecule has 0 radical (unpaired) electrons. The van der Waals surface area contributed by atoms with Crippen molar-refractivity contribution in [2.45, 2.75) is 19.4 Å². The number of aromatic nitrogens is 1. The highest BCUT2D eigenvalue weighted by Gasteiger charge is 2.33. The molecule has 5 heteroatoms. The van der Waals surface area contributed by atoms with Crippen LogP contribution in [0.15, 0.2) is 52.4 Å². The monoisotopic (exact) mass is 255 g/mol. The quantitative estimate of drug-likeness (QED) is 0.827. The first kappa shape index (κ1) is 11.6. The molecule has 0 saturated heterocycles. The van der Waals surface area contributed by atoms with E-state index in [0.717, 1.165) is 17.0 Å². The molecule has 1 atom stereocenters. The third kappa shape index (κ3) is 2.14. The fourth-order valence-corrected chi connectivity index (χ4v) is 2.21. The van der Waals surface area contributed by atoms with Crippen LogP contribution in [0, 0.1) is 0 Å². The van der Waals surface area contributed by atoms with Crippen LogP contribution in [0.2, 0.25) is 0 Å². The van der Waals surface area contributed by atoms with Gasteiger partial charge in [-0.3, -0.25) is 9.78 Å². The van der Waals surface area contributed by atoms with Crippen molar-refractivity contribution in [3.05, 3.63) is 54.2 Å². The molecule has 1 aliphatic rings. The number of carbonyl (C=O) groups is 1. The highest BCUT2D eigenvalue weighted by molar-refractivity contribution is 6.02. The van der Waals surface area contributed by atoms with Crippen molar-refractivity contribution in [2.75, 3.05) is 0 Å². The lowest BCUT2D eigenvalue weighted by Crippen LogP contribution is -2.23. The Balaban J connectivity index is 1.94. The molecule has 0 bridgehead atoms. The SMILES string of the molecule is CC(=O)N1N=C(c2cccnc2)C[C@H]1c1ccco1. The van der Waals surface area contributed by atoms with Crippen LogP contribution in [0.1, 0.15) is 30.7 Å². The third-order valence-corrected chi connectivity index (χ3v) is 3.10. The van der Waals surface area contributed by atoms with Crippen LogP contribution in [0.3, 0.4) is 0 Å². The number of carbonyl (C=O) groups excluding carboxylic acids is 1. The minimum Gasteiger partial charge on any atom is -0.467 e. The Labute approximate surface area is 110 Å². The summed E-state index contributed by atoms with van der Waals surface area (Å²) in [5.41, 5.74) is 1.78. The molecule has 0 aliphatic carbocycles. The van der Waals surface area contributed by atoms with Crippen LogP contribution in [-0.4, -0.2) is 21.6 Å². The van der Waals surface area contributed by atoms with E-state index in [4.69, 9.17) is 4.42 Å². The standard InChI is InChI=1S/C14H13N3O2/c1-10(18)17-13(14-5-3-7-19-14)8-12(16-17)11-4-2-6-15-9-11/h2-7,9,13H,8H2,1H3/t13-/m0/s1. The minimum absolute atomic E-state index is 0.0970. The van der Waals surface area contributed by atoms with Crippen molar-refractivity contribution in [2.24, 2.45) is 5.10 Å². The number of nitrogens with zero attached hydrogens (tertiary/aromatic N) is 3. The summed E-state index contributed by atoms with van der Waals surface area (Å²) in [5.74, 6) is 0.651. The number of furan rings is 1. The Morgan fingerprint density at radius 3 is 2.95 bits per heavy atom. The van der Waals surface area contributed by atoms with E-state index < -0.39 is 0 Å². The van der Waals surface area contributed by atoms with E-state index >= 15 is 0 Å². The summed E-state index contributed by atoms with van der Waals surface area (Å²) in [4.78, 5) is 15.8. The Hall–Kier alpha value is -2.43. The van der Waals surface area contributed by atoms with Crippen LogP contribution >= 0.6 is 0 Å². The first-order chi connectivity index (χ1) is 9.25. The van der Waals surface area contributed by atoms with Gasteiger partial charge >= 0.3 is 0 Å². The van der Waals surface area contributed by atoms with E-state index in [1.165, 1.54) is 11.9 Å². The van der Waals surface area contributed by atoms with Gasteiger partial charge in [0, 0.05) is 31.3 Å². The van der Waals surface area contributed by atoms with Crippen molar-refractivity contribution in [3.63, 3.8) is 0 Å². The molecular formula is C14H13N3O2. The van der Waals surface area contributed by atoms with Gasteiger partial charge in [0.25, 0.3) is 0 Å². The fourth-order valence-electron chi connectivity index (χ4n) is 2.21. The van der Waals surface area contributed by atoms with Crippen molar-refractivity contribution < 1.29 is 9.21 Å². The fraction of sp³-hybridized carbons (Fsp3) is 0.214. The van der Waals surface area contributed by atoms with Gasteiger partial charge in [-0.15, -0.1) is 0 Å². The smallest absolute Gasteiger partial charge is 0.240 e. The molecule has 0 N–H and O–H groups in total. The molecular weight excluding hydrogens is 242 g/mol. The first-order valence-corrected chi connectivity index (χ1v) is 6.07. The number of hydrogen-bond donors (Lipinski definition) is 0. The Morgan fingerprint density at radius 1 is 1.42 bits per heavy atom. The van der Waals surface area contributed by atoms with E-state index in [9.17, 15) is 4.79 Å². The van der Waals surface area contributed by atoms with Gasteiger partial charge in [-0.05, 0) is 18.2 Å². The van der Waals surface area contributed by atoms with Crippen molar-refractivity contribution in [1.82, 2.24) is 9.99 Å². The third-order valence-electron chi connectivity index (χ3n) is 3.10. The lowest BCUT2D eigenvalue weighted by molar-refractivity contribution is -0.130. The van der Waals surface area contributed by atoms with Crippen LogP contribution in [0.4, 0.5) is 0 Å². The second-order valence-electron chi connectivity index (χ2n) is 4.39. The maximum atomic E-state index is 11.7. The molecule has 0 saturated carbocycles. The summed E-state index contributed by atoms with van der Waals surface area (Å²) in [5, 5.41) is 5.87. The van der Waals surface area contributed by atoms with Gasteiger partial charge in [0.2, 0.25) is 5.91 Å². The second kappa shape index (κ2) is 4.68. The van der Waals surface area contributed by atoms with E-state index in [1.807, 2.05) is 24.3 Å². The Morgan fingerprint density at radius 2 is 2.32 bits per heavy atom. The highest BCUT2D eigenvalue weighted by atomic mass is 16.3. The minimum atomic E-state index is -0.164. The molecule has 0 aromatic carbocycles. The van der Waals surface area contributed by atoms with Gasteiger partial charge in [-0.1, -0.05) is 6.07 Å². The Kier molecular flexibility index (Phi) is 2.87. The van der Waals surface area contributed by atoms with E-state index in [0.29, 0.717) is 6.42 Å². The summed E-state index contributed by atoms with van der Waals surface area (Å²) >= 11 is 0. The van der Waals surface area contributed by atoms with Crippen LogP contribution in [0.25, 0.3) is 0 Å². The van der Waals surface area contributed by atoms with Crippen molar-refractivity contribution in [1.29, 1.82) is 0 Å². The molecule has 5 nitrogen and oxygen atoms in total. The number of rotatable bonds is 2. The predicted octanol–water partition coefficient (Wildman–Crippen LogP) is 2.37. The predicted molar refractivity (Wildman–Crippen MR) is 69.4 cm³/mol. The maximum Gasteiger partial charge on any atom is 0.240 e. The molecule has 0 unspecified atom stereocenters. The van der Waals surface area contributed by atoms with Gasteiger partial charge in [-0.25, -0.2) is 5.01 Å². The van der Waals surface area contributed by atoms with E-state index in [1.54, 1.807) is 18.7 Å². The molecule has 3 rings (SSSR count). The summed E-state index contributed by atoms with van der Waals surface area (Å²) in [7, 11) is 0. The van der Waals surface area contributed by atoms with Gasteiger partial charge < -0.3 is 4.42 Å². The normalized spacial score (nSPS) is 18.5. The zero-order chi connectivity index (χ0) is 13.2. The van der Waals surface area contributed by atoms with Gasteiger partial charge in [0.15, 0.2) is 0 Å². The topological polar surface area (TPSA) is 58.7 Å². The summed E-state index contributed by atoms with van der Waals surface area (Å²) in [6.45, 7) is 1.51. The molecule has 1 aliphatic heterocycles. The molecule has 19 heavy (non-hydrogen) atoms. The molecule has 2 aromatic rings. The summed E-state index contributed by atoms with van der Waals surface area (Å²) < 4.78 is 5.40. The summed E-state index contributed by atoms with van der Waals surface area (Å²) in [6, 6.07) is 7.31. The number of hydrazone groups is 1. The number of hydrogen-bond acceptors (Lipinski definition) is 4. The van der Waals surface area contributed by atoms with Crippen molar-refractivity contribution in [3.8, 4) is 0 Å². The van der Waals surface area contributed by atoms with Crippen LogP contribution in [-0.2, 0) is 4.79 Å². The molecule has 96 valence electrons. The van der Waals surface area contributed by atoms with E-state index in [-0.39, 0.29) is 11.9 Å².